The van der Waals surface area contributed by atoms with Crippen LogP contribution >= 0.6 is 47.8 Å². The summed E-state index contributed by atoms with van der Waals surface area (Å²) in [6.07, 6.45) is 6.51. The summed E-state index contributed by atoms with van der Waals surface area (Å²) in [5, 5.41) is 5.34. The highest BCUT2D eigenvalue weighted by Crippen LogP contribution is 2.52. The van der Waals surface area contributed by atoms with Crippen LogP contribution in [0.2, 0.25) is 0 Å². The minimum atomic E-state index is -0.285. The summed E-state index contributed by atoms with van der Waals surface area (Å²) in [5.74, 6) is 0.260. The van der Waals surface area contributed by atoms with Crippen LogP contribution < -0.4 is 9.47 Å². The van der Waals surface area contributed by atoms with E-state index < -0.39 is 0 Å². The van der Waals surface area contributed by atoms with Gasteiger partial charge in [0.1, 0.15) is 6.61 Å². The van der Waals surface area contributed by atoms with Gasteiger partial charge >= 0.3 is 0 Å². The van der Waals surface area contributed by atoms with Crippen molar-refractivity contribution in [1.29, 1.82) is 0 Å². The molecule has 4 atom stereocenters. The Balaban J connectivity index is 1.42. The van der Waals surface area contributed by atoms with E-state index in [2.05, 4.69) is 65.0 Å². The van der Waals surface area contributed by atoms with Gasteiger partial charge < -0.3 is 9.47 Å². The second-order valence-electron chi connectivity index (χ2n) is 8.28. The number of hydrazone groups is 1. The lowest BCUT2D eigenvalue weighted by molar-refractivity contribution is -0.140. The van der Waals surface area contributed by atoms with Crippen LogP contribution in [0.1, 0.15) is 17.5 Å². The van der Waals surface area contributed by atoms with Crippen LogP contribution in [-0.2, 0) is 16.2 Å². The largest absolute Gasteiger partial charge is 0.493 e. The summed E-state index contributed by atoms with van der Waals surface area (Å²) in [6, 6.07) is 9.45. The lowest BCUT2D eigenvalue weighted by atomic mass is 9.85. The zero-order valence-corrected chi connectivity index (χ0v) is 22.3. The summed E-state index contributed by atoms with van der Waals surface area (Å²) in [5.41, 5.74) is 1.54. The van der Waals surface area contributed by atoms with Crippen molar-refractivity contribution in [3.05, 3.63) is 67.0 Å². The Morgan fingerprint density at radius 1 is 1.03 bits per heavy atom. The smallest absolute Gasteiger partial charge is 0.254 e. The molecule has 1 heterocycles. The van der Waals surface area contributed by atoms with E-state index in [1.54, 1.807) is 13.2 Å². The van der Waals surface area contributed by atoms with Gasteiger partial charge in [0.25, 0.3) is 11.8 Å². The zero-order valence-electron chi connectivity index (χ0n) is 17.5. The summed E-state index contributed by atoms with van der Waals surface area (Å²) < 4.78 is 14.3. The first-order chi connectivity index (χ1) is 15.9. The second kappa shape index (κ2) is 9.00. The molecule has 0 spiro atoms. The molecule has 2 aromatic carbocycles. The topological polar surface area (TPSA) is 68.2 Å². The summed E-state index contributed by atoms with van der Waals surface area (Å²) >= 11 is 10.5. The Kier molecular flexibility index (Phi) is 6.22. The van der Waals surface area contributed by atoms with Crippen LogP contribution in [0.3, 0.4) is 0 Å². The van der Waals surface area contributed by atoms with Crippen LogP contribution in [0, 0.1) is 23.7 Å². The van der Waals surface area contributed by atoms with E-state index in [1.807, 2.05) is 24.3 Å². The number of halogens is 3. The monoisotopic (exact) mass is 636 g/mol. The minimum Gasteiger partial charge on any atom is -0.493 e. The fourth-order valence-corrected chi connectivity index (χ4v) is 6.52. The fourth-order valence-electron chi connectivity index (χ4n) is 4.90. The molecule has 5 rings (SSSR count). The van der Waals surface area contributed by atoms with Crippen molar-refractivity contribution < 1.29 is 19.1 Å². The summed E-state index contributed by atoms with van der Waals surface area (Å²) in [4.78, 5) is 25.9. The van der Waals surface area contributed by atoms with Crippen LogP contribution in [0.15, 0.2) is 61.0 Å². The van der Waals surface area contributed by atoms with Crippen LogP contribution in [0.5, 0.6) is 11.5 Å². The lowest BCUT2D eigenvalue weighted by Gasteiger charge is -2.16. The number of imide groups is 1. The molecule has 0 aromatic heterocycles. The van der Waals surface area contributed by atoms with Crippen molar-refractivity contribution in [2.75, 3.05) is 7.11 Å². The number of carbonyl (C=O) groups is 2. The number of benzene rings is 2. The summed E-state index contributed by atoms with van der Waals surface area (Å²) in [7, 11) is 1.56. The quantitative estimate of drug-likeness (QED) is 0.231. The number of ether oxygens (including phenoxy) is 2. The van der Waals surface area contributed by atoms with Crippen molar-refractivity contribution >= 4 is 65.8 Å². The average molecular weight is 639 g/mol. The van der Waals surface area contributed by atoms with Gasteiger partial charge in [0.05, 0.1) is 25.2 Å². The van der Waals surface area contributed by atoms with E-state index in [9.17, 15) is 9.59 Å². The lowest BCUT2D eigenvalue weighted by Crippen LogP contribution is -2.28. The van der Waals surface area contributed by atoms with E-state index in [0.717, 1.165) is 30.4 Å². The number of carbonyl (C=O) groups excluding carboxylic acids is 2. The predicted octanol–water partition coefficient (Wildman–Crippen LogP) is 5.70. The molecule has 1 aliphatic heterocycles. The van der Waals surface area contributed by atoms with Crippen LogP contribution in [0.4, 0.5) is 0 Å². The number of methoxy groups -OCH3 is 1. The molecule has 0 radical (unpaired) electrons. The number of hydrogen-bond donors (Lipinski definition) is 0. The van der Waals surface area contributed by atoms with Gasteiger partial charge in [-0.1, -0.05) is 66.0 Å². The molecule has 2 fully saturated rings. The molecule has 0 N–H and O–H groups in total. The molecule has 2 aliphatic carbocycles. The third-order valence-corrected chi connectivity index (χ3v) is 8.10. The van der Waals surface area contributed by atoms with Crippen LogP contribution in [-0.4, -0.2) is 30.1 Å². The van der Waals surface area contributed by atoms with Crippen molar-refractivity contribution in [3.8, 4) is 11.5 Å². The van der Waals surface area contributed by atoms with Crippen molar-refractivity contribution in [3.63, 3.8) is 0 Å². The van der Waals surface area contributed by atoms with Gasteiger partial charge in [-0.3, -0.25) is 9.59 Å². The SMILES string of the molecule is COc1cc(Br)cc(C=NN2C(=O)[C@@H]3[C@H](C2=O)[C@H]2C=C[C@H]3C2)c1OCc1ccc(Br)cc1Br. The fraction of sp³-hybridized carbons (Fsp3) is 0.292. The van der Waals surface area contributed by atoms with Crippen molar-refractivity contribution in [1.82, 2.24) is 5.01 Å². The molecule has 9 heteroatoms. The van der Waals surface area contributed by atoms with E-state index in [-0.39, 0.29) is 42.1 Å². The maximum Gasteiger partial charge on any atom is 0.254 e. The molecule has 2 aromatic rings. The van der Waals surface area contributed by atoms with E-state index in [4.69, 9.17) is 9.47 Å². The third kappa shape index (κ3) is 4.08. The van der Waals surface area contributed by atoms with E-state index in [1.165, 1.54) is 6.21 Å². The maximum absolute atomic E-state index is 12.9. The van der Waals surface area contributed by atoms with Gasteiger partial charge in [-0.2, -0.15) is 10.1 Å². The Hall–Kier alpha value is -1.97. The number of amides is 2. The summed E-state index contributed by atoms with van der Waals surface area (Å²) in [6.45, 7) is 0.285. The van der Waals surface area contributed by atoms with E-state index >= 15 is 0 Å². The first-order valence-corrected chi connectivity index (χ1v) is 12.8. The minimum absolute atomic E-state index is 0.144. The molecular formula is C24H19Br3N2O4. The highest BCUT2D eigenvalue weighted by molar-refractivity contribution is 9.11. The van der Waals surface area contributed by atoms with Gasteiger partial charge in [-0.25, -0.2) is 0 Å². The average Bonchev–Trinajstić information content (AvgIpc) is 3.46. The van der Waals surface area contributed by atoms with Gasteiger partial charge in [-0.05, 0) is 42.5 Å². The normalized spacial score (nSPS) is 25.4. The molecule has 0 unspecified atom stereocenters. The first-order valence-electron chi connectivity index (χ1n) is 10.4. The molecule has 170 valence electrons. The molecule has 33 heavy (non-hydrogen) atoms. The highest BCUT2D eigenvalue weighted by atomic mass is 79.9. The van der Waals surface area contributed by atoms with Gasteiger partial charge in [0.15, 0.2) is 11.5 Å². The Morgan fingerprint density at radius 2 is 1.73 bits per heavy atom. The highest BCUT2D eigenvalue weighted by Gasteiger charge is 2.59. The molecule has 3 aliphatic rings. The van der Waals surface area contributed by atoms with Gasteiger partial charge in [-0.15, -0.1) is 0 Å². The Bertz CT molecular complexity index is 1180. The van der Waals surface area contributed by atoms with Gasteiger partial charge in [0.2, 0.25) is 0 Å². The first kappa shape index (κ1) is 22.8. The molecule has 2 bridgehead atoms. The molecular weight excluding hydrogens is 620 g/mol. The molecule has 2 amide bonds. The predicted molar refractivity (Wildman–Crippen MR) is 134 cm³/mol. The second-order valence-corrected chi connectivity index (χ2v) is 11.0. The zero-order chi connectivity index (χ0) is 23.3. The maximum atomic E-state index is 12.9. The van der Waals surface area contributed by atoms with Gasteiger partial charge in [0, 0.05) is 24.5 Å². The number of hydrogen-bond acceptors (Lipinski definition) is 5. The molecule has 1 saturated heterocycles. The Labute approximate surface area is 216 Å². The number of fused-ring (bicyclic) bond motifs is 5. The molecule has 6 nitrogen and oxygen atoms in total. The van der Waals surface area contributed by atoms with Crippen molar-refractivity contribution in [2.24, 2.45) is 28.8 Å². The Morgan fingerprint density at radius 3 is 2.36 bits per heavy atom. The number of rotatable bonds is 6. The van der Waals surface area contributed by atoms with Crippen molar-refractivity contribution in [2.45, 2.75) is 13.0 Å². The number of allylic oxidation sites excluding steroid dienone is 2. The standard InChI is InChI=1S/C24H19Br3N2O4/c1-32-19-9-17(26)7-15(22(19)33-11-14-4-5-16(25)8-18(14)27)10-28-29-23(30)20-12-2-3-13(6-12)21(20)24(29)31/h2-5,7-10,12-13,20-21H,6,11H2,1H3/t12-,13-,20-,21+/m0/s1. The molecule has 1 saturated carbocycles. The van der Waals surface area contributed by atoms with Crippen LogP contribution in [0.25, 0.3) is 0 Å². The number of nitrogens with zero attached hydrogens (tertiary/aromatic N) is 2. The third-order valence-electron chi connectivity index (χ3n) is 6.41. The van der Waals surface area contributed by atoms with E-state index in [0.29, 0.717) is 17.1 Å².